The average Bonchev–Trinajstić information content (AvgIpc) is 2.84. The Kier molecular flexibility index (Phi) is 5.36. The first-order valence-electron chi connectivity index (χ1n) is 8.58. The number of hydrogen-bond acceptors (Lipinski definition) is 3. The van der Waals surface area contributed by atoms with Crippen LogP contribution in [0, 0.1) is 37.5 Å². The maximum Gasteiger partial charge on any atom is 0.275 e. The highest BCUT2D eigenvalue weighted by atomic mass is 16.2. The molecule has 0 saturated heterocycles. The highest BCUT2D eigenvalue weighted by Crippen LogP contribution is 2.31. The van der Waals surface area contributed by atoms with Crippen LogP contribution >= 0.6 is 0 Å². The van der Waals surface area contributed by atoms with Crippen LogP contribution in [0.1, 0.15) is 53.6 Å². The van der Waals surface area contributed by atoms with Gasteiger partial charge >= 0.3 is 0 Å². The van der Waals surface area contributed by atoms with Gasteiger partial charge in [-0.25, -0.2) is 0 Å². The second kappa shape index (κ2) is 7.17. The second-order valence-electron chi connectivity index (χ2n) is 7.74. The molecule has 0 spiro atoms. The number of carbonyl (C=O) groups excluding carboxylic acids is 1. The monoisotopic (exact) mass is 350 g/mol. The predicted octanol–water partition coefficient (Wildman–Crippen LogP) is 4.06. The van der Waals surface area contributed by atoms with Gasteiger partial charge in [-0.2, -0.15) is 10.4 Å². The first kappa shape index (κ1) is 19.5. The zero-order chi connectivity index (χ0) is 19.6. The van der Waals surface area contributed by atoms with Gasteiger partial charge in [0.2, 0.25) is 0 Å². The maximum atomic E-state index is 12.7. The molecular weight excluding hydrogens is 324 g/mol. The minimum Gasteiger partial charge on any atom is -0.322 e. The lowest BCUT2D eigenvalue weighted by atomic mass is 9.86. The number of nitrogens with one attached hydrogen (secondary N) is 1. The van der Waals surface area contributed by atoms with Crippen LogP contribution in [0.25, 0.3) is 5.57 Å². The molecule has 0 aliphatic carbocycles. The van der Waals surface area contributed by atoms with Crippen molar-refractivity contribution >= 4 is 11.5 Å². The minimum absolute atomic E-state index is 0.309. The molecule has 1 heterocycles. The first-order valence-corrected chi connectivity index (χ1v) is 8.58. The van der Waals surface area contributed by atoms with Crippen LogP contribution in [0.2, 0.25) is 0 Å². The number of rotatable bonds is 3. The Morgan fingerprint density at radius 2 is 1.69 bits per heavy atom. The molecular formula is C21H26N4O. The number of aromatic nitrogens is 2. The van der Waals surface area contributed by atoms with Crippen molar-refractivity contribution in [3.63, 3.8) is 0 Å². The van der Waals surface area contributed by atoms with Crippen LogP contribution in [0.5, 0.6) is 0 Å². The Hall–Kier alpha value is -2.87. The fourth-order valence-electron chi connectivity index (χ4n) is 2.86. The van der Waals surface area contributed by atoms with E-state index >= 15 is 0 Å². The quantitative estimate of drug-likeness (QED) is 0.849. The molecule has 0 aliphatic heterocycles. The molecule has 0 unspecified atom stereocenters. The second-order valence-corrected chi connectivity index (χ2v) is 7.74. The van der Waals surface area contributed by atoms with E-state index in [0.717, 1.165) is 22.4 Å². The van der Waals surface area contributed by atoms with Gasteiger partial charge < -0.3 is 5.32 Å². The summed E-state index contributed by atoms with van der Waals surface area (Å²) in [5.74, 6) is -0.309. The van der Waals surface area contributed by atoms with E-state index in [1.807, 2.05) is 53.7 Å². The lowest BCUT2D eigenvalue weighted by Crippen LogP contribution is -2.31. The van der Waals surface area contributed by atoms with Crippen LogP contribution in [0.4, 0.5) is 0 Å². The fourth-order valence-corrected chi connectivity index (χ4v) is 2.86. The Balaban J connectivity index is 2.56. The molecule has 1 N–H and O–H groups in total. The van der Waals surface area contributed by atoms with E-state index < -0.39 is 5.41 Å². The van der Waals surface area contributed by atoms with Crippen LogP contribution < -0.4 is 5.32 Å². The molecule has 0 saturated carbocycles. The summed E-state index contributed by atoms with van der Waals surface area (Å²) in [5, 5.41) is 17.0. The summed E-state index contributed by atoms with van der Waals surface area (Å²) in [5.41, 5.74) is 4.86. The summed E-state index contributed by atoms with van der Waals surface area (Å²) < 4.78 is 1.66. The third-order valence-electron chi connectivity index (χ3n) is 4.21. The molecule has 26 heavy (non-hydrogen) atoms. The third-order valence-corrected chi connectivity index (χ3v) is 4.21. The van der Waals surface area contributed by atoms with E-state index in [0.29, 0.717) is 17.0 Å². The van der Waals surface area contributed by atoms with Crippen molar-refractivity contribution < 1.29 is 4.79 Å². The smallest absolute Gasteiger partial charge is 0.275 e. The number of nitriles is 1. The summed E-state index contributed by atoms with van der Waals surface area (Å²) in [7, 11) is 1.79. The largest absolute Gasteiger partial charge is 0.322 e. The number of amides is 1. The van der Waals surface area contributed by atoms with Gasteiger partial charge in [0.05, 0.1) is 5.57 Å². The molecule has 0 atom stereocenters. The molecule has 2 rings (SSSR count). The van der Waals surface area contributed by atoms with Crippen LogP contribution in [-0.2, 0) is 7.05 Å². The molecule has 1 aromatic heterocycles. The lowest BCUT2D eigenvalue weighted by molar-refractivity contribution is 0.0952. The standard InChI is InChI=1S/C21H26N4O/c1-13-8-14(2)10-16(9-13)17(12-22)19(21(4,5)6)23-20(26)18-11-15(3)25(7)24-18/h8-11H,1-7H3,(H,23,26). The van der Waals surface area contributed by atoms with Gasteiger partial charge in [0.1, 0.15) is 6.07 Å². The molecule has 2 aromatic rings. The minimum atomic E-state index is -0.414. The normalized spacial score (nSPS) is 12.4. The van der Waals surface area contributed by atoms with Crippen molar-refractivity contribution in [3.8, 4) is 6.07 Å². The fraction of sp³-hybridized carbons (Fsp3) is 0.381. The summed E-state index contributed by atoms with van der Waals surface area (Å²) >= 11 is 0. The number of nitrogens with zero attached hydrogens (tertiary/aromatic N) is 3. The van der Waals surface area contributed by atoms with Gasteiger partial charge in [0.25, 0.3) is 5.91 Å². The van der Waals surface area contributed by atoms with Gasteiger partial charge in [0.15, 0.2) is 5.69 Å². The predicted molar refractivity (Wildman–Crippen MR) is 103 cm³/mol. The molecule has 5 heteroatoms. The summed E-state index contributed by atoms with van der Waals surface area (Å²) in [6.07, 6.45) is 0. The molecule has 136 valence electrons. The zero-order valence-electron chi connectivity index (χ0n) is 16.6. The number of allylic oxidation sites excluding steroid dienone is 2. The van der Waals surface area contributed by atoms with Gasteiger partial charge in [-0.1, -0.05) is 50.1 Å². The topological polar surface area (TPSA) is 70.7 Å². The van der Waals surface area contributed by atoms with E-state index in [1.165, 1.54) is 0 Å². The lowest BCUT2D eigenvalue weighted by Gasteiger charge is -2.25. The van der Waals surface area contributed by atoms with Gasteiger partial charge in [0, 0.05) is 23.9 Å². The van der Waals surface area contributed by atoms with E-state index in [1.54, 1.807) is 17.8 Å². The number of carbonyl (C=O) groups is 1. The summed E-state index contributed by atoms with van der Waals surface area (Å²) in [6, 6.07) is 10.0. The Morgan fingerprint density at radius 3 is 2.12 bits per heavy atom. The average molecular weight is 350 g/mol. The van der Waals surface area contributed by atoms with Crippen LogP contribution in [-0.4, -0.2) is 15.7 Å². The van der Waals surface area contributed by atoms with Crippen molar-refractivity contribution in [2.75, 3.05) is 0 Å². The number of aryl methyl sites for hydroxylation is 4. The molecule has 0 bridgehead atoms. The van der Waals surface area contributed by atoms with Crippen LogP contribution in [0.3, 0.4) is 0 Å². The maximum absolute atomic E-state index is 12.7. The van der Waals surface area contributed by atoms with Crippen LogP contribution in [0.15, 0.2) is 30.0 Å². The summed E-state index contributed by atoms with van der Waals surface area (Å²) in [6.45, 7) is 11.8. The highest BCUT2D eigenvalue weighted by molar-refractivity contribution is 5.95. The van der Waals surface area contributed by atoms with Gasteiger partial charge in [-0.3, -0.25) is 9.48 Å². The molecule has 1 aromatic carbocycles. The first-order chi connectivity index (χ1) is 12.0. The van der Waals surface area contributed by atoms with Crippen molar-refractivity contribution in [1.82, 2.24) is 15.1 Å². The van der Waals surface area contributed by atoms with Crippen molar-refractivity contribution in [3.05, 3.63) is 58.0 Å². The van der Waals surface area contributed by atoms with E-state index in [9.17, 15) is 10.1 Å². The van der Waals surface area contributed by atoms with E-state index in [2.05, 4.69) is 22.6 Å². The van der Waals surface area contributed by atoms with Gasteiger partial charge in [-0.05, 0) is 32.4 Å². The highest BCUT2D eigenvalue weighted by Gasteiger charge is 2.26. The molecule has 0 fully saturated rings. The molecule has 1 amide bonds. The number of benzene rings is 1. The van der Waals surface area contributed by atoms with E-state index in [-0.39, 0.29) is 5.91 Å². The SMILES string of the molecule is Cc1cc(C)cc(C(C#N)=C(NC(=O)c2cc(C)n(C)n2)C(C)(C)C)c1. The Morgan fingerprint density at radius 1 is 1.12 bits per heavy atom. The zero-order valence-corrected chi connectivity index (χ0v) is 16.6. The van der Waals surface area contributed by atoms with Crippen molar-refractivity contribution in [2.24, 2.45) is 12.5 Å². The van der Waals surface area contributed by atoms with Gasteiger partial charge in [-0.15, -0.1) is 0 Å². The number of hydrogen-bond donors (Lipinski definition) is 1. The molecule has 0 aliphatic rings. The Labute approximate surface area is 155 Å². The van der Waals surface area contributed by atoms with Crippen molar-refractivity contribution in [2.45, 2.75) is 41.5 Å². The third kappa shape index (κ3) is 4.20. The summed E-state index contributed by atoms with van der Waals surface area (Å²) in [4.78, 5) is 12.7. The molecule has 0 radical (unpaired) electrons. The Bertz CT molecular complexity index is 881. The van der Waals surface area contributed by atoms with E-state index in [4.69, 9.17) is 0 Å². The molecule has 5 nitrogen and oxygen atoms in total. The van der Waals surface area contributed by atoms with Crippen molar-refractivity contribution in [1.29, 1.82) is 5.26 Å².